The van der Waals surface area contributed by atoms with Crippen molar-refractivity contribution >= 4 is 27.5 Å². The fraction of sp³-hybridized carbons (Fsp3) is 0.227. The monoisotopic (exact) mass is 406 g/mol. The van der Waals surface area contributed by atoms with Gasteiger partial charge in [-0.25, -0.2) is 9.78 Å². The Balaban J connectivity index is 1.69. The van der Waals surface area contributed by atoms with Gasteiger partial charge in [-0.1, -0.05) is 30.3 Å². The number of hydrogen-bond acceptors (Lipinski definition) is 6. The Bertz CT molecular complexity index is 1280. The van der Waals surface area contributed by atoms with E-state index in [4.69, 9.17) is 14.1 Å². The summed E-state index contributed by atoms with van der Waals surface area (Å²) in [5.74, 6) is 0.662. The third-order valence-corrected chi connectivity index (χ3v) is 6.40. The Hall–Kier alpha value is -3.19. The van der Waals surface area contributed by atoms with Crippen LogP contribution in [0.5, 0.6) is 0 Å². The predicted molar refractivity (Wildman–Crippen MR) is 110 cm³/mol. The number of methoxy groups -OCH3 is 1. The third-order valence-electron chi connectivity index (χ3n) is 5.22. The molecule has 0 N–H and O–H groups in total. The summed E-state index contributed by atoms with van der Waals surface area (Å²) in [6.07, 6.45) is 3.01. The first-order chi connectivity index (χ1) is 14.2. The highest BCUT2D eigenvalue weighted by molar-refractivity contribution is 7.18. The fourth-order valence-electron chi connectivity index (χ4n) is 3.86. The number of esters is 1. The van der Waals surface area contributed by atoms with Gasteiger partial charge in [0, 0.05) is 10.4 Å². The van der Waals surface area contributed by atoms with Gasteiger partial charge in [-0.3, -0.25) is 9.36 Å². The lowest BCUT2D eigenvalue weighted by molar-refractivity contribution is 0.0563. The maximum Gasteiger partial charge on any atom is 0.373 e. The van der Waals surface area contributed by atoms with Crippen molar-refractivity contribution in [2.45, 2.75) is 25.8 Å². The topological polar surface area (TPSA) is 74.3 Å². The van der Waals surface area contributed by atoms with E-state index in [0.717, 1.165) is 40.6 Å². The minimum Gasteiger partial charge on any atom is -0.463 e. The summed E-state index contributed by atoms with van der Waals surface area (Å²) in [6, 6.07) is 12.9. The zero-order valence-corrected chi connectivity index (χ0v) is 16.6. The molecular formula is C22H18N2O4S. The van der Waals surface area contributed by atoms with Crippen molar-refractivity contribution in [3.63, 3.8) is 0 Å². The van der Waals surface area contributed by atoms with Crippen LogP contribution in [-0.2, 0) is 24.1 Å². The number of aromatic nitrogens is 2. The Morgan fingerprint density at radius 1 is 1.21 bits per heavy atom. The SMILES string of the molecule is COC(=O)c1ccc(Cn2c(-c3ccccc3)nc3sc4c(c3c2=O)CCC4)o1. The van der Waals surface area contributed by atoms with Crippen molar-refractivity contribution < 1.29 is 13.9 Å². The molecule has 7 heteroatoms. The molecule has 4 aromatic rings. The number of thiophene rings is 1. The normalized spacial score (nSPS) is 13.0. The van der Waals surface area contributed by atoms with Gasteiger partial charge in [0.05, 0.1) is 19.0 Å². The Morgan fingerprint density at radius 3 is 2.83 bits per heavy atom. The number of aryl methyl sites for hydroxylation is 2. The Morgan fingerprint density at radius 2 is 2.03 bits per heavy atom. The zero-order valence-electron chi connectivity index (χ0n) is 15.8. The van der Waals surface area contributed by atoms with Gasteiger partial charge in [0.25, 0.3) is 5.56 Å². The first-order valence-corrected chi connectivity index (χ1v) is 10.2. The molecule has 0 bridgehead atoms. The molecular weight excluding hydrogens is 388 g/mol. The molecule has 0 amide bonds. The van der Waals surface area contributed by atoms with E-state index in [1.807, 2.05) is 30.3 Å². The number of ether oxygens (including phenoxy) is 1. The van der Waals surface area contributed by atoms with E-state index in [9.17, 15) is 9.59 Å². The quantitative estimate of drug-likeness (QED) is 0.478. The van der Waals surface area contributed by atoms with Crippen LogP contribution in [0.2, 0.25) is 0 Å². The molecule has 29 heavy (non-hydrogen) atoms. The lowest BCUT2D eigenvalue weighted by Gasteiger charge is -2.12. The fourth-order valence-corrected chi connectivity index (χ4v) is 5.11. The second-order valence-corrected chi connectivity index (χ2v) is 8.07. The van der Waals surface area contributed by atoms with Crippen molar-refractivity contribution in [3.05, 3.63) is 74.8 Å². The molecule has 0 fully saturated rings. The summed E-state index contributed by atoms with van der Waals surface area (Å²) in [4.78, 5) is 32.2. The van der Waals surface area contributed by atoms with Crippen molar-refractivity contribution in [2.75, 3.05) is 7.11 Å². The molecule has 0 radical (unpaired) electrons. The van der Waals surface area contributed by atoms with Crippen LogP contribution in [0.1, 0.15) is 33.2 Å². The van der Waals surface area contributed by atoms with Crippen molar-refractivity contribution in [2.24, 2.45) is 0 Å². The summed E-state index contributed by atoms with van der Waals surface area (Å²) in [7, 11) is 1.30. The van der Waals surface area contributed by atoms with E-state index in [1.54, 1.807) is 28.0 Å². The lowest BCUT2D eigenvalue weighted by Crippen LogP contribution is -2.24. The van der Waals surface area contributed by atoms with Gasteiger partial charge in [0.2, 0.25) is 5.76 Å². The molecule has 1 aliphatic carbocycles. The predicted octanol–water partition coefficient (Wildman–Crippen LogP) is 4.04. The maximum atomic E-state index is 13.5. The smallest absolute Gasteiger partial charge is 0.373 e. The van der Waals surface area contributed by atoms with E-state index in [1.165, 1.54) is 12.0 Å². The van der Waals surface area contributed by atoms with E-state index in [0.29, 0.717) is 11.6 Å². The van der Waals surface area contributed by atoms with Crippen LogP contribution in [0.3, 0.4) is 0 Å². The molecule has 0 saturated heterocycles. The van der Waals surface area contributed by atoms with Crippen LogP contribution < -0.4 is 5.56 Å². The molecule has 3 heterocycles. The number of carbonyl (C=O) groups is 1. The van der Waals surface area contributed by atoms with Crippen LogP contribution in [0.4, 0.5) is 0 Å². The van der Waals surface area contributed by atoms with Crippen LogP contribution in [-0.4, -0.2) is 22.6 Å². The van der Waals surface area contributed by atoms with E-state index >= 15 is 0 Å². The Kier molecular flexibility index (Phi) is 4.32. The van der Waals surface area contributed by atoms with Crippen LogP contribution in [0, 0.1) is 0 Å². The highest BCUT2D eigenvalue weighted by Crippen LogP contribution is 2.35. The zero-order chi connectivity index (χ0) is 20.0. The summed E-state index contributed by atoms with van der Waals surface area (Å²) in [5.41, 5.74) is 1.94. The van der Waals surface area contributed by atoms with Crippen molar-refractivity contribution in [1.82, 2.24) is 9.55 Å². The first kappa shape index (κ1) is 17.9. The highest BCUT2D eigenvalue weighted by Gasteiger charge is 2.24. The average molecular weight is 406 g/mol. The van der Waals surface area contributed by atoms with Gasteiger partial charge < -0.3 is 9.15 Å². The molecule has 1 aromatic carbocycles. The van der Waals surface area contributed by atoms with Crippen LogP contribution in [0.25, 0.3) is 21.6 Å². The van der Waals surface area contributed by atoms with Gasteiger partial charge in [0.15, 0.2) is 0 Å². The number of nitrogens with zero attached hydrogens (tertiary/aromatic N) is 2. The summed E-state index contributed by atoms with van der Waals surface area (Å²) >= 11 is 1.63. The molecule has 0 atom stereocenters. The number of furan rings is 1. The third kappa shape index (κ3) is 2.98. The van der Waals surface area contributed by atoms with Gasteiger partial charge in [0.1, 0.15) is 16.4 Å². The van der Waals surface area contributed by atoms with Crippen LogP contribution in [0.15, 0.2) is 51.7 Å². The first-order valence-electron chi connectivity index (χ1n) is 9.43. The summed E-state index contributed by atoms with van der Waals surface area (Å²) in [6.45, 7) is 0.188. The largest absolute Gasteiger partial charge is 0.463 e. The second-order valence-electron chi connectivity index (χ2n) is 6.99. The Labute approximate surface area is 170 Å². The average Bonchev–Trinajstić information content (AvgIpc) is 3.46. The van der Waals surface area contributed by atoms with E-state index in [2.05, 4.69) is 0 Å². The molecule has 0 aliphatic heterocycles. The highest BCUT2D eigenvalue weighted by atomic mass is 32.1. The number of benzene rings is 1. The minimum atomic E-state index is -0.545. The molecule has 0 spiro atoms. The number of carbonyl (C=O) groups excluding carboxylic acids is 1. The standard InChI is InChI=1S/C22H18N2O4S/c1-27-22(26)16-11-10-14(28-16)12-24-19(13-6-3-2-4-7-13)23-20-18(21(24)25)15-8-5-9-17(15)29-20/h2-4,6-7,10-11H,5,8-9,12H2,1H3. The molecule has 6 nitrogen and oxygen atoms in total. The van der Waals surface area contributed by atoms with Crippen LogP contribution >= 0.6 is 11.3 Å². The second kappa shape index (κ2) is 7.00. The summed E-state index contributed by atoms with van der Waals surface area (Å²) in [5, 5.41) is 0.724. The minimum absolute atomic E-state index is 0.0655. The van der Waals surface area contributed by atoms with Gasteiger partial charge in [-0.2, -0.15) is 0 Å². The molecule has 0 saturated carbocycles. The number of rotatable bonds is 4. The molecule has 3 aromatic heterocycles. The van der Waals surface area contributed by atoms with E-state index in [-0.39, 0.29) is 17.9 Å². The molecule has 5 rings (SSSR count). The van der Waals surface area contributed by atoms with Gasteiger partial charge in [-0.05, 0) is 37.0 Å². The maximum absolute atomic E-state index is 13.5. The van der Waals surface area contributed by atoms with E-state index < -0.39 is 5.97 Å². The lowest BCUT2D eigenvalue weighted by atomic mass is 10.1. The molecule has 1 aliphatic rings. The van der Waals surface area contributed by atoms with Gasteiger partial charge in [-0.15, -0.1) is 11.3 Å². The van der Waals surface area contributed by atoms with Crippen molar-refractivity contribution in [3.8, 4) is 11.4 Å². The summed E-state index contributed by atoms with van der Waals surface area (Å²) < 4.78 is 12.0. The number of fused-ring (bicyclic) bond motifs is 3. The number of hydrogen-bond donors (Lipinski definition) is 0. The molecule has 0 unspecified atom stereocenters. The molecule has 146 valence electrons. The van der Waals surface area contributed by atoms with Crippen molar-refractivity contribution in [1.29, 1.82) is 0 Å². The van der Waals surface area contributed by atoms with Gasteiger partial charge >= 0.3 is 5.97 Å².